The van der Waals surface area contributed by atoms with Crippen LogP contribution in [0.4, 0.5) is 5.69 Å². The standard InChI is InChI=1S/C15H22N2/c1-3-5-10-16-11-12-17(13-16)15-8-6-14(4-2)7-9-15/h6-9,11-12H,3-5,10,13H2,1-2H3. The van der Waals surface area contributed by atoms with Crippen LogP contribution in [0.1, 0.15) is 32.3 Å². The molecule has 2 rings (SSSR count). The zero-order valence-electron chi connectivity index (χ0n) is 10.9. The van der Waals surface area contributed by atoms with Crippen molar-refractivity contribution in [2.45, 2.75) is 33.1 Å². The van der Waals surface area contributed by atoms with Gasteiger partial charge in [0, 0.05) is 24.6 Å². The second-order valence-electron chi connectivity index (χ2n) is 4.60. The molecule has 1 aromatic carbocycles. The van der Waals surface area contributed by atoms with Gasteiger partial charge < -0.3 is 9.80 Å². The van der Waals surface area contributed by atoms with Gasteiger partial charge in [-0.25, -0.2) is 0 Å². The first kappa shape index (κ1) is 12.0. The molecule has 0 bridgehead atoms. The third-order valence-corrected chi connectivity index (χ3v) is 3.27. The first-order valence-corrected chi connectivity index (χ1v) is 6.61. The Morgan fingerprint density at radius 2 is 1.82 bits per heavy atom. The monoisotopic (exact) mass is 230 g/mol. The van der Waals surface area contributed by atoms with Crippen molar-refractivity contribution in [3.8, 4) is 0 Å². The molecule has 92 valence electrons. The molecule has 0 unspecified atom stereocenters. The van der Waals surface area contributed by atoms with Crippen molar-refractivity contribution in [3.63, 3.8) is 0 Å². The fourth-order valence-corrected chi connectivity index (χ4v) is 2.06. The van der Waals surface area contributed by atoms with Crippen LogP contribution in [-0.4, -0.2) is 18.1 Å². The van der Waals surface area contributed by atoms with Gasteiger partial charge in [-0.1, -0.05) is 32.4 Å². The van der Waals surface area contributed by atoms with Crippen LogP contribution in [0.3, 0.4) is 0 Å². The summed E-state index contributed by atoms with van der Waals surface area (Å²) in [6.45, 7) is 6.58. The summed E-state index contributed by atoms with van der Waals surface area (Å²) in [5.41, 5.74) is 2.69. The van der Waals surface area contributed by atoms with Crippen LogP contribution in [0.5, 0.6) is 0 Å². The van der Waals surface area contributed by atoms with Crippen molar-refractivity contribution in [2.75, 3.05) is 18.1 Å². The van der Waals surface area contributed by atoms with E-state index < -0.39 is 0 Å². The molecule has 2 nitrogen and oxygen atoms in total. The lowest BCUT2D eigenvalue weighted by Gasteiger charge is -2.21. The third kappa shape index (κ3) is 3.02. The summed E-state index contributed by atoms with van der Waals surface area (Å²) in [5, 5.41) is 0. The quantitative estimate of drug-likeness (QED) is 0.762. The van der Waals surface area contributed by atoms with E-state index in [4.69, 9.17) is 0 Å². The van der Waals surface area contributed by atoms with Gasteiger partial charge in [-0.05, 0) is 30.5 Å². The predicted molar refractivity (Wildman–Crippen MR) is 73.9 cm³/mol. The van der Waals surface area contributed by atoms with E-state index in [0.29, 0.717) is 0 Å². The van der Waals surface area contributed by atoms with Gasteiger partial charge in [-0.2, -0.15) is 0 Å². The first-order chi connectivity index (χ1) is 8.33. The average molecular weight is 230 g/mol. The van der Waals surface area contributed by atoms with Crippen molar-refractivity contribution in [1.82, 2.24) is 4.90 Å². The van der Waals surface area contributed by atoms with Gasteiger partial charge in [-0.3, -0.25) is 0 Å². The molecule has 0 fully saturated rings. The second kappa shape index (κ2) is 5.76. The molecule has 0 atom stereocenters. The highest BCUT2D eigenvalue weighted by Crippen LogP contribution is 2.20. The van der Waals surface area contributed by atoms with E-state index in [9.17, 15) is 0 Å². The summed E-state index contributed by atoms with van der Waals surface area (Å²) in [6.07, 6.45) is 8.02. The Bertz CT molecular complexity index is 367. The lowest BCUT2D eigenvalue weighted by molar-refractivity contribution is 0.396. The minimum Gasteiger partial charge on any atom is -0.358 e. The van der Waals surface area contributed by atoms with Crippen LogP contribution in [-0.2, 0) is 6.42 Å². The highest BCUT2D eigenvalue weighted by Gasteiger charge is 2.12. The molecule has 2 heteroatoms. The fourth-order valence-electron chi connectivity index (χ4n) is 2.06. The Kier molecular flexibility index (Phi) is 4.08. The normalized spacial score (nSPS) is 14.7. The molecule has 1 aromatic rings. The minimum atomic E-state index is 0.992. The smallest absolute Gasteiger partial charge is 0.0941 e. The molecule has 0 N–H and O–H groups in total. The lowest BCUT2D eigenvalue weighted by Crippen LogP contribution is -2.25. The molecule has 0 aliphatic carbocycles. The number of aryl methyl sites for hydroxylation is 1. The van der Waals surface area contributed by atoms with Crippen molar-refractivity contribution >= 4 is 5.69 Å². The SMILES string of the molecule is CCCCN1C=CN(c2ccc(CC)cc2)C1. The maximum atomic E-state index is 2.37. The molecule has 0 saturated heterocycles. The molecule has 1 aliphatic rings. The molecule has 1 aliphatic heterocycles. The Morgan fingerprint density at radius 3 is 2.47 bits per heavy atom. The molecule has 0 saturated carbocycles. The molecular weight excluding hydrogens is 208 g/mol. The summed E-state index contributed by atoms with van der Waals surface area (Å²) in [5.74, 6) is 0. The lowest BCUT2D eigenvalue weighted by atomic mass is 10.1. The van der Waals surface area contributed by atoms with Crippen LogP contribution in [0.15, 0.2) is 36.7 Å². The number of hydrogen-bond acceptors (Lipinski definition) is 2. The number of nitrogens with zero attached hydrogens (tertiary/aromatic N) is 2. The molecule has 0 spiro atoms. The summed E-state index contributed by atoms with van der Waals surface area (Å²) < 4.78 is 0. The summed E-state index contributed by atoms with van der Waals surface area (Å²) >= 11 is 0. The maximum absolute atomic E-state index is 2.37. The Labute approximate surface area is 105 Å². The van der Waals surface area contributed by atoms with Gasteiger partial charge >= 0.3 is 0 Å². The molecule has 17 heavy (non-hydrogen) atoms. The van der Waals surface area contributed by atoms with E-state index in [-0.39, 0.29) is 0 Å². The van der Waals surface area contributed by atoms with E-state index in [0.717, 1.165) is 19.6 Å². The highest BCUT2D eigenvalue weighted by molar-refractivity contribution is 5.51. The maximum Gasteiger partial charge on any atom is 0.0941 e. The van der Waals surface area contributed by atoms with Gasteiger partial charge in [0.25, 0.3) is 0 Å². The second-order valence-corrected chi connectivity index (χ2v) is 4.60. The number of benzene rings is 1. The number of unbranched alkanes of at least 4 members (excludes halogenated alkanes) is 1. The van der Waals surface area contributed by atoms with Crippen LogP contribution in [0.25, 0.3) is 0 Å². The zero-order valence-corrected chi connectivity index (χ0v) is 10.9. The largest absolute Gasteiger partial charge is 0.358 e. The molecular formula is C15H22N2. The van der Waals surface area contributed by atoms with Gasteiger partial charge in [0.1, 0.15) is 0 Å². The van der Waals surface area contributed by atoms with Crippen molar-refractivity contribution in [1.29, 1.82) is 0 Å². The Hall–Kier alpha value is -1.44. The van der Waals surface area contributed by atoms with Crippen molar-refractivity contribution in [2.24, 2.45) is 0 Å². The summed E-state index contributed by atoms with van der Waals surface area (Å²) in [6, 6.07) is 8.87. The van der Waals surface area contributed by atoms with Gasteiger partial charge in [0.2, 0.25) is 0 Å². The van der Waals surface area contributed by atoms with E-state index in [1.165, 1.54) is 24.1 Å². The van der Waals surface area contributed by atoms with Crippen LogP contribution in [0.2, 0.25) is 0 Å². The van der Waals surface area contributed by atoms with Crippen molar-refractivity contribution in [3.05, 3.63) is 42.2 Å². The third-order valence-electron chi connectivity index (χ3n) is 3.27. The van der Waals surface area contributed by atoms with Crippen molar-refractivity contribution < 1.29 is 0 Å². The molecule has 0 amide bonds. The van der Waals surface area contributed by atoms with E-state index in [1.54, 1.807) is 0 Å². The molecule has 0 aromatic heterocycles. The zero-order chi connectivity index (χ0) is 12.1. The molecule has 1 heterocycles. The number of hydrogen-bond donors (Lipinski definition) is 0. The first-order valence-electron chi connectivity index (χ1n) is 6.61. The Morgan fingerprint density at radius 1 is 1.06 bits per heavy atom. The van der Waals surface area contributed by atoms with Crippen LogP contribution in [0, 0.1) is 0 Å². The molecule has 0 radical (unpaired) electrons. The predicted octanol–water partition coefficient (Wildman–Crippen LogP) is 3.60. The fraction of sp³-hybridized carbons (Fsp3) is 0.467. The minimum absolute atomic E-state index is 0.992. The van der Waals surface area contributed by atoms with E-state index in [2.05, 4.69) is 60.3 Å². The van der Waals surface area contributed by atoms with E-state index in [1.807, 2.05) is 0 Å². The van der Waals surface area contributed by atoms with Gasteiger partial charge in [0.15, 0.2) is 0 Å². The van der Waals surface area contributed by atoms with Gasteiger partial charge in [-0.15, -0.1) is 0 Å². The van der Waals surface area contributed by atoms with Crippen LogP contribution < -0.4 is 4.90 Å². The van der Waals surface area contributed by atoms with Gasteiger partial charge in [0.05, 0.1) is 6.67 Å². The topological polar surface area (TPSA) is 6.48 Å². The highest BCUT2D eigenvalue weighted by atomic mass is 15.3. The van der Waals surface area contributed by atoms with Crippen LogP contribution >= 0.6 is 0 Å². The number of anilines is 1. The average Bonchev–Trinajstić information content (AvgIpc) is 2.85. The Balaban J connectivity index is 1.93. The van der Waals surface area contributed by atoms with E-state index >= 15 is 0 Å². The summed E-state index contributed by atoms with van der Waals surface area (Å²) in [7, 11) is 0. The number of rotatable bonds is 5. The summed E-state index contributed by atoms with van der Waals surface area (Å²) in [4.78, 5) is 4.67.